The SMILES string of the molecule is O[C@H](COc1ccc2c(c1)CCC2)CN1CCN(C[C@H](O)COc2ccc3c(c2)CCC3)CC1. The van der Waals surface area contributed by atoms with Gasteiger partial charge in [0, 0.05) is 39.3 Å². The highest BCUT2D eigenvalue weighted by Crippen LogP contribution is 2.27. The number of rotatable bonds is 10. The maximum Gasteiger partial charge on any atom is 0.119 e. The minimum atomic E-state index is -0.508. The molecule has 1 aliphatic heterocycles. The van der Waals surface area contributed by atoms with Gasteiger partial charge in [0.2, 0.25) is 0 Å². The van der Waals surface area contributed by atoms with Gasteiger partial charge in [-0.25, -0.2) is 0 Å². The lowest BCUT2D eigenvalue weighted by molar-refractivity contribution is 0.0240. The highest BCUT2D eigenvalue weighted by Gasteiger charge is 2.22. The maximum absolute atomic E-state index is 10.5. The lowest BCUT2D eigenvalue weighted by Crippen LogP contribution is -2.51. The van der Waals surface area contributed by atoms with Crippen molar-refractivity contribution in [1.82, 2.24) is 9.80 Å². The molecule has 0 spiro atoms. The zero-order valence-corrected chi connectivity index (χ0v) is 20.1. The summed E-state index contributed by atoms with van der Waals surface area (Å²) in [7, 11) is 0. The van der Waals surface area contributed by atoms with Gasteiger partial charge in [0.15, 0.2) is 0 Å². The highest BCUT2D eigenvalue weighted by atomic mass is 16.5. The molecule has 1 fully saturated rings. The molecular formula is C28H38N2O4. The molecule has 0 unspecified atom stereocenters. The van der Waals surface area contributed by atoms with Crippen LogP contribution in [0.4, 0.5) is 0 Å². The minimum absolute atomic E-state index is 0.317. The zero-order chi connectivity index (χ0) is 23.3. The van der Waals surface area contributed by atoms with Crippen molar-refractivity contribution >= 4 is 0 Å². The second-order valence-corrected chi connectivity index (χ2v) is 10.1. The molecule has 1 heterocycles. The number of aliphatic hydroxyl groups is 2. The molecule has 3 aliphatic rings. The molecule has 2 aromatic carbocycles. The van der Waals surface area contributed by atoms with E-state index >= 15 is 0 Å². The van der Waals surface area contributed by atoms with Gasteiger partial charge in [0.05, 0.1) is 0 Å². The van der Waals surface area contributed by atoms with Crippen molar-refractivity contribution in [3.05, 3.63) is 58.7 Å². The fourth-order valence-corrected chi connectivity index (χ4v) is 5.52. The molecular weight excluding hydrogens is 428 g/mol. The Morgan fingerprint density at radius 1 is 0.618 bits per heavy atom. The van der Waals surface area contributed by atoms with Crippen LogP contribution in [0.15, 0.2) is 36.4 Å². The first-order valence-corrected chi connectivity index (χ1v) is 12.9. The maximum atomic E-state index is 10.5. The van der Waals surface area contributed by atoms with Gasteiger partial charge in [0.25, 0.3) is 0 Å². The van der Waals surface area contributed by atoms with Gasteiger partial charge in [-0.2, -0.15) is 0 Å². The second kappa shape index (κ2) is 11.1. The van der Waals surface area contributed by atoms with Crippen molar-refractivity contribution in [1.29, 1.82) is 0 Å². The van der Waals surface area contributed by atoms with Crippen molar-refractivity contribution in [2.45, 2.75) is 50.7 Å². The first kappa shape index (κ1) is 23.6. The Balaban J connectivity index is 0.977. The average molecular weight is 467 g/mol. The van der Waals surface area contributed by atoms with Crippen molar-refractivity contribution in [2.75, 3.05) is 52.5 Å². The zero-order valence-electron chi connectivity index (χ0n) is 20.1. The number of ether oxygens (including phenoxy) is 2. The number of β-amino-alcohol motifs (C(OH)–C–C–N with tert-alkyl or cyclic N) is 2. The van der Waals surface area contributed by atoms with Crippen LogP contribution >= 0.6 is 0 Å². The highest BCUT2D eigenvalue weighted by molar-refractivity contribution is 5.39. The summed E-state index contributed by atoms with van der Waals surface area (Å²) < 4.78 is 11.7. The topological polar surface area (TPSA) is 65.4 Å². The molecule has 6 heteroatoms. The Kier molecular flexibility index (Phi) is 7.70. The third-order valence-corrected chi connectivity index (χ3v) is 7.43. The van der Waals surface area contributed by atoms with Crippen molar-refractivity contribution < 1.29 is 19.7 Å². The van der Waals surface area contributed by atoms with E-state index in [1.165, 1.54) is 47.9 Å². The van der Waals surface area contributed by atoms with Crippen LogP contribution in [0.25, 0.3) is 0 Å². The fraction of sp³-hybridized carbons (Fsp3) is 0.571. The summed E-state index contributed by atoms with van der Waals surface area (Å²) in [6, 6.07) is 12.6. The van der Waals surface area contributed by atoms with Gasteiger partial charge in [-0.15, -0.1) is 0 Å². The van der Waals surface area contributed by atoms with E-state index in [0.29, 0.717) is 26.3 Å². The van der Waals surface area contributed by atoms with E-state index in [0.717, 1.165) is 50.5 Å². The van der Waals surface area contributed by atoms with Gasteiger partial charge in [0.1, 0.15) is 36.9 Å². The van der Waals surface area contributed by atoms with Crippen molar-refractivity contribution in [3.63, 3.8) is 0 Å². The van der Waals surface area contributed by atoms with Gasteiger partial charge < -0.3 is 19.7 Å². The normalized spacial score (nSPS) is 20.1. The van der Waals surface area contributed by atoms with Crippen LogP contribution in [0.3, 0.4) is 0 Å². The lowest BCUT2D eigenvalue weighted by atomic mass is 10.1. The van der Waals surface area contributed by atoms with Crippen LogP contribution in [0.5, 0.6) is 11.5 Å². The Labute approximate surface area is 203 Å². The first-order chi connectivity index (χ1) is 16.6. The summed E-state index contributed by atoms with van der Waals surface area (Å²) in [5.41, 5.74) is 5.65. The van der Waals surface area contributed by atoms with Crippen LogP contribution in [0, 0.1) is 0 Å². The Hall–Kier alpha value is -2.12. The monoisotopic (exact) mass is 466 g/mol. The largest absolute Gasteiger partial charge is 0.491 e. The number of hydrogen-bond acceptors (Lipinski definition) is 6. The Bertz CT molecular complexity index is 880. The minimum Gasteiger partial charge on any atom is -0.491 e. The molecule has 0 amide bonds. The Morgan fingerprint density at radius 3 is 1.47 bits per heavy atom. The molecule has 2 N–H and O–H groups in total. The van der Waals surface area contributed by atoms with E-state index in [1.807, 2.05) is 12.1 Å². The van der Waals surface area contributed by atoms with Crippen LogP contribution in [-0.2, 0) is 25.7 Å². The molecule has 6 nitrogen and oxygen atoms in total. The number of aryl methyl sites for hydroxylation is 4. The molecule has 0 aromatic heterocycles. The Morgan fingerprint density at radius 2 is 1.03 bits per heavy atom. The molecule has 2 aromatic rings. The lowest BCUT2D eigenvalue weighted by Gasteiger charge is -2.36. The van der Waals surface area contributed by atoms with Crippen molar-refractivity contribution in [2.24, 2.45) is 0 Å². The number of fused-ring (bicyclic) bond motifs is 2. The molecule has 0 bridgehead atoms. The molecule has 0 radical (unpaired) electrons. The number of aliphatic hydroxyl groups excluding tert-OH is 2. The van der Waals surface area contributed by atoms with Gasteiger partial charge in [-0.1, -0.05) is 12.1 Å². The molecule has 34 heavy (non-hydrogen) atoms. The van der Waals surface area contributed by atoms with E-state index in [2.05, 4.69) is 34.1 Å². The molecule has 184 valence electrons. The summed E-state index contributed by atoms with van der Waals surface area (Å²) in [4.78, 5) is 4.56. The van der Waals surface area contributed by atoms with Crippen LogP contribution in [-0.4, -0.2) is 84.7 Å². The summed E-state index contributed by atoms with van der Waals surface area (Å²) in [6.45, 7) is 5.40. The summed E-state index contributed by atoms with van der Waals surface area (Å²) in [5, 5.41) is 20.9. The van der Waals surface area contributed by atoms with E-state index in [9.17, 15) is 10.2 Å². The number of nitrogens with zero attached hydrogens (tertiary/aromatic N) is 2. The number of piperazine rings is 1. The standard InChI is InChI=1S/C28H38N2O4/c31-25(19-33-27-9-7-21-3-1-5-23(21)15-27)17-29-11-13-30(14-12-29)18-26(32)20-34-28-10-8-22-4-2-6-24(22)16-28/h7-10,15-16,25-26,31-32H,1-6,11-14,17-20H2/t25-,26-/m0/s1. The summed E-state index contributed by atoms with van der Waals surface area (Å²) >= 11 is 0. The summed E-state index contributed by atoms with van der Waals surface area (Å²) in [5.74, 6) is 1.72. The number of hydrogen-bond donors (Lipinski definition) is 2. The molecule has 2 atom stereocenters. The predicted octanol–water partition coefficient (Wildman–Crippen LogP) is 2.46. The quantitative estimate of drug-likeness (QED) is 0.561. The van der Waals surface area contributed by atoms with Crippen molar-refractivity contribution in [3.8, 4) is 11.5 Å². The average Bonchev–Trinajstić information content (AvgIpc) is 3.51. The third-order valence-electron chi connectivity index (χ3n) is 7.43. The van der Waals surface area contributed by atoms with Gasteiger partial charge in [-0.05, 0) is 85.0 Å². The fourth-order valence-electron chi connectivity index (χ4n) is 5.52. The van der Waals surface area contributed by atoms with E-state index in [-0.39, 0.29) is 0 Å². The predicted molar refractivity (Wildman–Crippen MR) is 133 cm³/mol. The third kappa shape index (κ3) is 6.11. The molecule has 5 rings (SSSR count). The summed E-state index contributed by atoms with van der Waals surface area (Å²) in [6.07, 6.45) is 6.05. The molecule has 1 saturated heterocycles. The van der Waals surface area contributed by atoms with Gasteiger partial charge >= 0.3 is 0 Å². The smallest absolute Gasteiger partial charge is 0.119 e. The van der Waals surface area contributed by atoms with E-state index < -0.39 is 12.2 Å². The second-order valence-electron chi connectivity index (χ2n) is 10.1. The molecule has 0 saturated carbocycles. The number of benzene rings is 2. The first-order valence-electron chi connectivity index (χ1n) is 12.9. The van der Waals surface area contributed by atoms with Gasteiger partial charge in [-0.3, -0.25) is 9.80 Å². The van der Waals surface area contributed by atoms with Crippen LogP contribution in [0.1, 0.15) is 35.1 Å². The van der Waals surface area contributed by atoms with Crippen LogP contribution in [0.2, 0.25) is 0 Å². The van der Waals surface area contributed by atoms with E-state index in [4.69, 9.17) is 9.47 Å². The molecule has 2 aliphatic carbocycles. The van der Waals surface area contributed by atoms with Crippen LogP contribution < -0.4 is 9.47 Å². The van der Waals surface area contributed by atoms with E-state index in [1.54, 1.807) is 0 Å².